The van der Waals surface area contributed by atoms with Crippen molar-refractivity contribution in [2.45, 2.75) is 45.4 Å². The van der Waals surface area contributed by atoms with Crippen molar-refractivity contribution in [1.82, 2.24) is 24.5 Å². The van der Waals surface area contributed by atoms with Crippen LogP contribution in [0, 0.1) is 24.2 Å². The average Bonchev–Trinajstić information content (AvgIpc) is 3.10. The van der Waals surface area contributed by atoms with E-state index in [9.17, 15) is 5.26 Å². The predicted octanol–water partition coefficient (Wildman–Crippen LogP) is 4.38. The molecule has 3 heterocycles. The van der Waals surface area contributed by atoms with E-state index in [1.165, 1.54) is 32.1 Å². The van der Waals surface area contributed by atoms with E-state index in [0.29, 0.717) is 29.3 Å². The number of rotatable bonds is 5. The van der Waals surface area contributed by atoms with E-state index in [4.69, 9.17) is 4.74 Å². The Morgan fingerprint density at radius 2 is 2.00 bits per heavy atom. The molecule has 3 aromatic rings. The van der Waals surface area contributed by atoms with Crippen LogP contribution >= 0.6 is 12.4 Å². The van der Waals surface area contributed by atoms with Gasteiger partial charge in [-0.15, -0.1) is 12.4 Å². The zero-order chi connectivity index (χ0) is 19.5. The van der Waals surface area contributed by atoms with Crippen LogP contribution in [0.5, 0.6) is 5.88 Å². The molecule has 4 rings (SSSR count). The lowest BCUT2D eigenvalue weighted by Gasteiger charge is -2.21. The molecule has 1 saturated carbocycles. The van der Waals surface area contributed by atoms with Gasteiger partial charge in [-0.2, -0.15) is 10.2 Å². The minimum absolute atomic E-state index is 0. The van der Waals surface area contributed by atoms with Crippen molar-refractivity contribution in [3.05, 3.63) is 30.0 Å². The Morgan fingerprint density at radius 1 is 1.21 bits per heavy atom. The van der Waals surface area contributed by atoms with Gasteiger partial charge < -0.3 is 9.30 Å². The van der Waals surface area contributed by atoms with Crippen molar-refractivity contribution >= 4 is 23.6 Å². The maximum atomic E-state index is 9.26. The molecule has 8 heteroatoms. The summed E-state index contributed by atoms with van der Waals surface area (Å²) in [6.07, 6.45) is 11.2. The molecule has 1 aliphatic carbocycles. The number of halogens is 1. The summed E-state index contributed by atoms with van der Waals surface area (Å²) in [4.78, 5) is 17.5. The fourth-order valence-electron chi connectivity index (χ4n) is 3.90. The number of hydrogen-bond acceptors (Lipinski definition) is 6. The van der Waals surface area contributed by atoms with E-state index in [2.05, 4.69) is 19.9 Å². The Labute approximate surface area is 176 Å². The van der Waals surface area contributed by atoms with Gasteiger partial charge in [0.15, 0.2) is 5.65 Å². The number of nitriles is 1. The second-order valence-corrected chi connectivity index (χ2v) is 7.52. The largest absolute Gasteiger partial charge is 0.477 e. The SMILES string of the molecule is Cc1cc(-c2nc(C#N)nc3c2ncn3C)cnc1OCCC1CCCCC1.Cl. The molecule has 1 fully saturated rings. The minimum Gasteiger partial charge on any atom is -0.477 e. The van der Waals surface area contributed by atoms with Gasteiger partial charge in [-0.1, -0.05) is 32.1 Å². The first-order valence-electron chi connectivity index (χ1n) is 9.84. The summed E-state index contributed by atoms with van der Waals surface area (Å²) in [7, 11) is 1.85. The molecule has 0 spiro atoms. The summed E-state index contributed by atoms with van der Waals surface area (Å²) in [5, 5.41) is 9.26. The lowest BCUT2D eigenvalue weighted by atomic mass is 9.87. The molecular formula is C21H25ClN6O. The molecule has 29 heavy (non-hydrogen) atoms. The first-order chi connectivity index (χ1) is 13.7. The molecule has 152 valence electrons. The molecule has 0 amide bonds. The van der Waals surface area contributed by atoms with Gasteiger partial charge in [0.1, 0.15) is 17.3 Å². The number of hydrogen-bond donors (Lipinski definition) is 0. The third-order valence-electron chi connectivity index (χ3n) is 5.45. The monoisotopic (exact) mass is 412 g/mol. The minimum atomic E-state index is 0. The Balaban J connectivity index is 0.00000240. The highest BCUT2D eigenvalue weighted by molar-refractivity contribution is 5.87. The number of nitrogens with zero attached hydrogens (tertiary/aromatic N) is 6. The molecule has 0 unspecified atom stereocenters. The number of fused-ring (bicyclic) bond motifs is 1. The molecule has 1 aliphatic rings. The van der Waals surface area contributed by atoms with Crippen LogP contribution in [0.4, 0.5) is 0 Å². The number of aryl methyl sites for hydroxylation is 2. The molecule has 3 aromatic heterocycles. The van der Waals surface area contributed by atoms with Gasteiger partial charge in [-0.25, -0.2) is 15.0 Å². The van der Waals surface area contributed by atoms with Crippen molar-refractivity contribution in [2.75, 3.05) is 6.61 Å². The summed E-state index contributed by atoms with van der Waals surface area (Å²) in [6.45, 7) is 2.68. The zero-order valence-electron chi connectivity index (χ0n) is 16.8. The first kappa shape index (κ1) is 21.0. The Morgan fingerprint density at radius 3 is 2.72 bits per heavy atom. The van der Waals surface area contributed by atoms with Gasteiger partial charge in [-0.3, -0.25) is 0 Å². The van der Waals surface area contributed by atoms with Crippen LogP contribution in [0.3, 0.4) is 0 Å². The molecule has 0 aromatic carbocycles. The highest BCUT2D eigenvalue weighted by atomic mass is 35.5. The van der Waals surface area contributed by atoms with Crippen LogP contribution in [0.15, 0.2) is 18.6 Å². The van der Waals surface area contributed by atoms with E-state index < -0.39 is 0 Å². The standard InChI is InChI=1S/C21H24N6O.ClH/c1-14-10-16(12-23-21(14)28-9-8-15-6-4-3-5-7-15)18-19-20(27(2)13-24-19)26-17(11-22)25-18;/h10,12-13,15H,3-9H2,1-2H3;1H. The quantitative estimate of drug-likeness (QED) is 0.617. The lowest BCUT2D eigenvalue weighted by molar-refractivity contribution is 0.239. The van der Waals surface area contributed by atoms with E-state index in [-0.39, 0.29) is 18.2 Å². The van der Waals surface area contributed by atoms with E-state index in [0.717, 1.165) is 23.5 Å². The predicted molar refractivity (Wildman–Crippen MR) is 113 cm³/mol. The van der Waals surface area contributed by atoms with E-state index in [1.807, 2.05) is 26.1 Å². The second kappa shape index (κ2) is 9.19. The highest BCUT2D eigenvalue weighted by Crippen LogP contribution is 2.29. The van der Waals surface area contributed by atoms with Gasteiger partial charge in [0.2, 0.25) is 11.7 Å². The summed E-state index contributed by atoms with van der Waals surface area (Å²) in [5.41, 5.74) is 3.66. The molecule has 7 nitrogen and oxygen atoms in total. The van der Waals surface area contributed by atoms with Gasteiger partial charge in [0.05, 0.1) is 12.9 Å². The Hall–Kier alpha value is -2.72. The second-order valence-electron chi connectivity index (χ2n) is 7.52. The summed E-state index contributed by atoms with van der Waals surface area (Å²) in [6, 6.07) is 4.01. The smallest absolute Gasteiger partial charge is 0.234 e. The van der Waals surface area contributed by atoms with E-state index in [1.54, 1.807) is 17.1 Å². The van der Waals surface area contributed by atoms with Gasteiger partial charge in [-0.05, 0) is 25.3 Å². The van der Waals surface area contributed by atoms with Crippen molar-refractivity contribution in [3.63, 3.8) is 0 Å². The Bertz CT molecular complexity index is 1040. The molecule has 0 radical (unpaired) electrons. The lowest BCUT2D eigenvalue weighted by Crippen LogP contribution is -2.11. The van der Waals surface area contributed by atoms with E-state index >= 15 is 0 Å². The molecule has 0 saturated heterocycles. The molecule has 0 bridgehead atoms. The number of aromatic nitrogens is 5. The van der Waals surface area contributed by atoms with Crippen molar-refractivity contribution < 1.29 is 4.74 Å². The molecule has 0 aliphatic heterocycles. The van der Waals surface area contributed by atoms with Crippen LogP contribution in [-0.2, 0) is 7.05 Å². The van der Waals surface area contributed by atoms with Crippen LogP contribution in [0.1, 0.15) is 49.9 Å². The number of imidazole rings is 1. The molecular weight excluding hydrogens is 388 g/mol. The first-order valence-corrected chi connectivity index (χ1v) is 9.84. The number of pyridine rings is 1. The van der Waals surface area contributed by atoms with Gasteiger partial charge in [0.25, 0.3) is 0 Å². The fourth-order valence-corrected chi connectivity index (χ4v) is 3.90. The van der Waals surface area contributed by atoms with Gasteiger partial charge in [0, 0.05) is 24.4 Å². The highest BCUT2D eigenvalue weighted by Gasteiger charge is 2.16. The third kappa shape index (κ3) is 4.48. The van der Waals surface area contributed by atoms with Crippen LogP contribution in [0.25, 0.3) is 22.4 Å². The summed E-state index contributed by atoms with van der Waals surface area (Å²) in [5.74, 6) is 1.57. The topological polar surface area (TPSA) is 89.5 Å². The van der Waals surface area contributed by atoms with Crippen LogP contribution in [0.2, 0.25) is 0 Å². The third-order valence-corrected chi connectivity index (χ3v) is 5.45. The summed E-state index contributed by atoms with van der Waals surface area (Å²) >= 11 is 0. The van der Waals surface area contributed by atoms with Crippen molar-refractivity contribution in [2.24, 2.45) is 13.0 Å². The zero-order valence-corrected chi connectivity index (χ0v) is 17.6. The fraction of sp³-hybridized carbons (Fsp3) is 0.476. The maximum absolute atomic E-state index is 9.26. The molecule has 0 atom stereocenters. The van der Waals surface area contributed by atoms with Crippen LogP contribution < -0.4 is 4.74 Å². The summed E-state index contributed by atoms with van der Waals surface area (Å²) < 4.78 is 7.73. The normalized spacial score (nSPS) is 14.4. The number of ether oxygens (including phenoxy) is 1. The molecule has 0 N–H and O–H groups in total. The Kier molecular flexibility index (Phi) is 6.65. The van der Waals surface area contributed by atoms with Crippen molar-refractivity contribution in [1.29, 1.82) is 5.26 Å². The van der Waals surface area contributed by atoms with Gasteiger partial charge >= 0.3 is 0 Å². The maximum Gasteiger partial charge on any atom is 0.234 e. The van der Waals surface area contributed by atoms with Crippen molar-refractivity contribution in [3.8, 4) is 23.2 Å². The van der Waals surface area contributed by atoms with Crippen LogP contribution in [-0.4, -0.2) is 31.1 Å². The average molecular weight is 413 g/mol.